The van der Waals surface area contributed by atoms with E-state index in [1.54, 1.807) is 7.11 Å². The number of benzene rings is 1. The van der Waals surface area contributed by atoms with Crippen LogP contribution in [0.4, 0.5) is 0 Å². The number of nitrogens with zero attached hydrogens (tertiary/aromatic N) is 1. The fraction of sp³-hybridized carbons (Fsp3) is 0.529. The highest BCUT2D eigenvalue weighted by atomic mass is 32.1. The van der Waals surface area contributed by atoms with Gasteiger partial charge in [-0.2, -0.15) is 5.10 Å². The maximum Gasteiger partial charge on any atom is 0.187 e. The molecule has 134 valence electrons. The molecular weight excluding hydrogens is 326 g/mol. The Labute approximate surface area is 149 Å². The van der Waals surface area contributed by atoms with E-state index in [4.69, 9.17) is 26.4 Å². The van der Waals surface area contributed by atoms with Crippen molar-refractivity contribution in [2.75, 3.05) is 26.9 Å². The lowest BCUT2D eigenvalue weighted by atomic mass is 10.1. The predicted molar refractivity (Wildman–Crippen MR) is 101 cm³/mol. The summed E-state index contributed by atoms with van der Waals surface area (Å²) in [5, 5.41) is 7.87. The molecule has 0 fully saturated rings. The Hall–Kier alpha value is -1.86. The van der Waals surface area contributed by atoms with Gasteiger partial charge in [0.2, 0.25) is 0 Å². The molecule has 2 N–H and O–H groups in total. The van der Waals surface area contributed by atoms with E-state index < -0.39 is 0 Å². The molecule has 0 radical (unpaired) electrons. The maximum absolute atomic E-state index is 5.67. The highest BCUT2D eigenvalue weighted by Crippen LogP contribution is 2.25. The first-order valence-corrected chi connectivity index (χ1v) is 8.42. The van der Waals surface area contributed by atoms with Crippen LogP contribution in [0.25, 0.3) is 0 Å². The molecule has 6 nitrogen and oxygen atoms in total. The van der Waals surface area contributed by atoms with Crippen LogP contribution in [0.5, 0.6) is 11.5 Å². The third-order valence-corrected chi connectivity index (χ3v) is 3.28. The summed E-state index contributed by atoms with van der Waals surface area (Å²) in [6.45, 7) is 9.51. The summed E-state index contributed by atoms with van der Waals surface area (Å²) in [4.78, 5) is 0. The van der Waals surface area contributed by atoms with Gasteiger partial charge in [-0.15, -0.1) is 0 Å². The molecule has 0 saturated carbocycles. The SMILES string of the molecule is CCOc1ccc(OCC)c(/C(C)=N\NC(=S)N[C@@H](C)COC)c1. The van der Waals surface area contributed by atoms with Gasteiger partial charge in [0.1, 0.15) is 11.5 Å². The van der Waals surface area contributed by atoms with Crippen LogP contribution in [0.3, 0.4) is 0 Å². The summed E-state index contributed by atoms with van der Waals surface area (Å²) < 4.78 is 16.3. The second-order valence-electron chi connectivity index (χ2n) is 5.16. The van der Waals surface area contributed by atoms with Gasteiger partial charge in [0, 0.05) is 18.7 Å². The monoisotopic (exact) mass is 353 g/mol. The fourth-order valence-electron chi connectivity index (χ4n) is 2.07. The Morgan fingerprint density at radius 3 is 2.58 bits per heavy atom. The number of hydrogen-bond donors (Lipinski definition) is 2. The fourth-order valence-corrected chi connectivity index (χ4v) is 2.32. The van der Waals surface area contributed by atoms with Gasteiger partial charge in [-0.1, -0.05) is 0 Å². The molecular formula is C17H27N3O3S. The van der Waals surface area contributed by atoms with E-state index in [2.05, 4.69) is 15.8 Å². The van der Waals surface area contributed by atoms with Crippen LogP contribution in [0.1, 0.15) is 33.3 Å². The van der Waals surface area contributed by atoms with Crippen LogP contribution < -0.4 is 20.2 Å². The minimum absolute atomic E-state index is 0.103. The van der Waals surface area contributed by atoms with Gasteiger partial charge in [0.15, 0.2) is 5.11 Å². The smallest absolute Gasteiger partial charge is 0.187 e. The molecule has 7 heteroatoms. The van der Waals surface area contributed by atoms with Crippen molar-refractivity contribution in [3.63, 3.8) is 0 Å². The maximum atomic E-state index is 5.67. The van der Waals surface area contributed by atoms with Crippen LogP contribution in [0.15, 0.2) is 23.3 Å². The molecule has 1 rings (SSSR count). The predicted octanol–water partition coefficient (Wildman–Crippen LogP) is 2.71. The van der Waals surface area contributed by atoms with E-state index in [1.165, 1.54) is 0 Å². The van der Waals surface area contributed by atoms with Crippen LogP contribution in [-0.4, -0.2) is 43.8 Å². The number of methoxy groups -OCH3 is 1. The summed E-state index contributed by atoms with van der Waals surface area (Å²) in [5.74, 6) is 1.54. The Bertz CT molecular complexity index is 564. The van der Waals surface area contributed by atoms with Crippen molar-refractivity contribution in [3.8, 4) is 11.5 Å². The summed E-state index contributed by atoms with van der Waals surface area (Å²) >= 11 is 5.22. The van der Waals surface area contributed by atoms with Crippen molar-refractivity contribution >= 4 is 23.0 Å². The first-order valence-electron chi connectivity index (χ1n) is 8.01. The number of rotatable bonds is 9. The van der Waals surface area contributed by atoms with Gasteiger partial charge < -0.3 is 19.5 Å². The molecule has 0 amide bonds. The van der Waals surface area contributed by atoms with Crippen molar-refractivity contribution in [3.05, 3.63) is 23.8 Å². The second-order valence-corrected chi connectivity index (χ2v) is 5.57. The van der Waals surface area contributed by atoms with E-state index in [1.807, 2.05) is 45.9 Å². The number of hydrazone groups is 1. The topological polar surface area (TPSA) is 64.1 Å². The number of nitrogens with one attached hydrogen (secondary N) is 2. The van der Waals surface area contributed by atoms with Crippen molar-refractivity contribution in [1.29, 1.82) is 0 Å². The van der Waals surface area contributed by atoms with E-state index in [9.17, 15) is 0 Å². The van der Waals surface area contributed by atoms with Gasteiger partial charge in [-0.3, -0.25) is 5.43 Å². The summed E-state index contributed by atoms with van der Waals surface area (Å²) in [5.41, 5.74) is 4.46. The molecule has 0 bridgehead atoms. The summed E-state index contributed by atoms with van der Waals surface area (Å²) in [6.07, 6.45) is 0. The zero-order valence-corrected chi connectivity index (χ0v) is 15.8. The van der Waals surface area contributed by atoms with Gasteiger partial charge in [0.05, 0.1) is 25.5 Å². The first-order chi connectivity index (χ1) is 11.5. The van der Waals surface area contributed by atoms with Crippen LogP contribution in [0.2, 0.25) is 0 Å². The van der Waals surface area contributed by atoms with Gasteiger partial charge in [-0.25, -0.2) is 0 Å². The average Bonchev–Trinajstić information content (AvgIpc) is 2.54. The zero-order valence-electron chi connectivity index (χ0n) is 15.0. The average molecular weight is 353 g/mol. The quantitative estimate of drug-likeness (QED) is 0.404. The Balaban J connectivity index is 2.85. The molecule has 0 spiro atoms. The Kier molecular flexibility index (Phi) is 9.11. The van der Waals surface area contributed by atoms with Crippen molar-refractivity contribution in [2.24, 2.45) is 5.10 Å². The minimum atomic E-state index is 0.103. The van der Waals surface area contributed by atoms with E-state index in [-0.39, 0.29) is 6.04 Å². The molecule has 0 unspecified atom stereocenters. The normalized spacial score (nSPS) is 12.5. The third kappa shape index (κ3) is 6.72. The first kappa shape index (κ1) is 20.2. The molecule has 1 atom stereocenters. The molecule has 1 aromatic rings. The van der Waals surface area contributed by atoms with Crippen LogP contribution in [0, 0.1) is 0 Å². The van der Waals surface area contributed by atoms with Crippen molar-refractivity contribution < 1.29 is 14.2 Å². The number of hydrogen-bond acceptors (Lipinski definition) is 5. The lowest BCUT2D eigenvalue weighted by Gasteiger charge is -2.15. The Morgan fingerprint density at radius 2 is 1.96 bits per heavy atom. The molecule has 0 aliphatic rings. The zero-order chi connectivity index (χ0) is 17.9. The van der Waals surface area contributed by atoms with Gasteiger partial charge in [0.25, 0.3) is 0 Å². The van der Waals surface area contributed by atoms with Gasteiger partial charge in [-0.05, 0) is 58.1 Å². The summed E-state index contributed by atoms with van der Waals surface area (Å²) in [6, 6.07) is 5.79. The summed E-state index contributed by atoms with van der Waals surface area (Å²) in [7, 11) is 1.65. The number of thiocarbonyl (C=S) groups is 1. The highest BCUT2D eigenvalue weighted by molar-refractivity contribution is 7.80. The molecule has 0 heterocycles. The standard InChI is InChI=1S/C17H27N3O3S/c1-6-22-14-8-9-16(23-7-2)15(10-14)13(4)19-20-17(24)18-12(3)11-21-5/h8-10,12H,6-7,11H2,1-5H3,(H2,18,20,24)/b19-13-/t12-/m0/s1. The molecule has 0 aliphatic carbocycles. The van der Waals surface area contributed by atoms with Crippen molar-refractivity contribution in [2.45, 2.75) is 33.7 Å². The molecule has 24 heavy (non-hydrogen) atoms. The van der Waals surface area contributed by atoms with Crippen LogP contribution >= 0.6 is 12.2 Å². The van der Waals surface area contributed by atoms with Crippen LogP contribution in [-0.2, 0) is 4.74 Å². The van der Waals surface area contributed by atoms with E-state index in [0.29, 0.717) is 24.9 Å². The Morgan fingerprint density at radius 1 is 1.25 bits per heavy atom. The molecule has 1 aromatic carbocycles. The number of ether oxygens (including phenoxy) is 3. The molecule has 0 aromatic heterocycles. The van der Waals surface area contributed by atoms with Crippen molar-refractivity contribution in [1.82, 2.24) is 10.7 Å². The minimum Gasteiger partial charge on any atom is -0.494 e. The highest BCUT2D eigenvalue weighted by Gasteiger charge is 2.10. The van der Waals surface area contributed by atoms with E-state index in [0.717, 1.165) is 22.8 Å². The molecule has 0 saturated heterocycles. The molecule has 0 aliphatic heterocycles. The largest absolute Gasteiger partial charge is 0.494 e. The van der Waals surface area contributed by atoms with E-state index >= 15 is 0 Å². The van der Waals surface area contributed by atoms with Gasteiger partial charge >= 0.3 is 0 Å². The second kappa shape index (κ2) is 10.8. The lowest BCUT2D eigenvalue weighted by Crippen LogP contribution is -2.40. The lowest BCUT2D eigenvalue weighted by molar-refractivity contribution is 0.179. The third-order valence-electron chi connectivity index (χ3n) is 3.07.